The molecule has 1 aliphatic heterocycles. The number of amides is 2. The molecule has 1 N–H and O–H groups in total. The first kappa shape index (κ1) is 20.9. The number of hydrogen-bond donors (Lipinski definition) is 1. The predicted molar refractivity (Wildman–Crippen MR) is 121 cm³/mol. The number of rotatable bonds is 5. The van der Waals surface area contributed by atoms with E-state index >= 15 is 0 Å². The molecule has 1 fully saturated rings. The van der Waals surface area contributed by atoms with E-state index in [1.54, 1.807) is 17.0 Å². The molecule has 2 heterocycles. The normalized spacial score (nSPS) is 18.6. The lowest BCUT2D eigenvalue weighted by atomic mass is 9.83. The number of furan rings is 1. The van der Waals surface area contributed by atoms with Gasteiger partial charge in [0.15, 0.2) is 5.76 Å². The summed E-state index contributed by atoms with van der Waals surface area (Å²) in [5.41, 5.74) is 3.20. The molecule has 5 heteroatoms. The molecule has 160 valence electrons. The number of carbonyl (C=O) groups is 2. The van der Waals surface area contributed by atoms with Crippen molar-refractivity contribution in [2.75, 3.05) is 18.4 Å². The summed E-state index contributed by atoms with van der Waals surface area (Å²) < 4.78 is 5.57. The Morgan fingerprint density at radius 3 is 2.39 bits per heavy atom. The van der Waals surface area contributed by atoms with Gasteiger partial charge < -0.3 is 14.6 Å². The molecule has 2 amide bonds. The number of nitrogens with one attached hydrogen (secondary N) is 1. The van der Waals surface area contributed by atoms with Gasteiger partial charge in [0.05, 0.1) is 5.92 Å². The number of likely N-dealkylation sites (tertiary alicyclic amines) is 1. The Bertz CT molecular complexity index is 1040. The van der Waals surface area contributed by atoms with E-state index < -0.39 is 0 Å². The standard InChI is InChI=1S/C26H28N2O3/c1-3-19-10-12-20(13-11-19)21-15-22(25(29)27-23-7-5-4-6-8-23)17-28(16-21)26(30)24-14-9-18(2)31-24/h4-14,21-22H,3,15-17H2,1-2H3,(H,27,29). The molecule has 3 aromatic rings. The molecule has 2 aromatic carbocycles. The van der Waals surface area contributed by atoms with Gasteiger partial charge in [-0.3, -0.25) is 9.59 Å². The van der Waals surface area contributed by atoms with Crippen LogP contribution in [-0.4, -0.2) is 29.8 Å². The van der Waals surface area contributed by atoms with Crippen molar-refractivity contribution in [2.24, 2.45) is 5.92 Å². The lowest BCUT2D eigenvalue weighted by molar-refractivity contribution is -0.121. The summed E-state index contributed by atoms with van der Waals surface area (Å²) in [5.74, 6) is 0.582. The minimum Gasteiger partial charge on any atom is -0.456 e. The highest BCUT2D eigenvalue weighted by atomic mass is 16.3. The van der Waals surface area contributed by atoms with Gasteiger partial charge in [-0.25, -0.2) is 0 Å². The Hall–Kier alpha value is -3.34. The van der Waals surface area contributed by atoms with Gasteiger partial charge in [-0.2, -0.15) is 0 Å². The zero-order chi connectivity index (χ0) is 21.8. The van der Waals surface area contributed by atoms with Gasteiger partial charge in [-0.1, -0.05) is 49.4 Å². The van der Waals surface area contributed by atoms with Crippen LogP contribution < -0.4 is 5.32 Å². The van der Waals surface area contributed by atoms with Crippen molar-refractivity contribution in [3.8, 4) is 0 Å². The number of para-hydroxylation sites is 1. The fraction of sp³-hybridized carbons (Fsp3) is 0.308. The largest absolute Gasteiger partial charge is 0.456 e. The molecule has 5 nitrogen and oxygen atoms in total. The maximum Gasteiger partial charge on any atom is 0.289 e. The monoisotopic (exact) mass is 416 g/mol. The van der Waals surface area contributed by atoms with E-state index in [-0.39, 0.29) is 23.7 Å². The molecular weight excluding hydrogens is 388 g/mol. The highest BCUT2D eigenvalue weighted by Gasteiger charge is 2.35. The Balaban J connectivity index is 1.57. The van der Waals surface area contributed by atoms with Gasteiger partial charge in [0.25, 0.3) is 5.91 Å². The van der Waals surface area contributed by atoms with Crippen LogP contribution in [0.15, 0.2) is 71.1 Å². The molecule has 1 aliphatic rings. The van der Waals surface area contributed by atoms with Crippen LogP contribution in [0.5, 0.6) is 0 Å². The van der Waals surface area contributed by atoms with Gasteiger partial charge in [0.1, 0.15) is 5.76 Å². The van der Waals surface area contributed by atoms with Crippen molar-refractivity contribution in [3.05, 3.63) is 89.4 Å². The van der Waals surface area contributed by atoms with E-state index in [0.717, 1.165) is 17.7 Å². The first-order chi connectivity index (χ1) is 15.0. The third kappa shape index (κ3) is 4.88. The van der Waals surface area contributed by atoms with Crippen molar-refractivity contribution >= 4 is 17.5 Å². The first-order valence-electron chi connectivity index (χ1n) is 10.8. The minimum atomic E-state index is -0.301. The van der Waals surface area contributed by atoms with Crippen LogP contribution in [0.25, 0.3) is 0 Å². The van der Waals surface area contributed by atoms with Crippen molar-refractivity contribution in [1.82, 2.24) is 4.90 Å². The number of hydrogen-bond acceptors (Lipinski definition) is 3. The molecule has 31 heavy (non-hydrogen) atoms. The SMILES string of the molecule is CCc1ccc(C2CC(C(=O)Nc3ccccc3)CN(C(=O)c3ccc(C)o3)C2)cc1. The third-order valence-corrected chi connectivity index (χ3v) is 5.96. The van der Waals surface area contributed by atoms with Gasteiger partial charge in [-0.15, -0.1) is 0 Å². The van der Waals surface area contributed by atoms with E-state index in [0.29, 0.717) is 31.0 Å². The van der Waals surface area contributed by atoms with Crippen LogP contribution in [0.4, 0.5) is 5.69 Å². The number of nitrogens with zero attached hydrogens (tertiary/aromatic N) is 1. The Labute approximate surface area is 183 Å². The molecule has 1 aromatic heterocycles. The summed E-state index contributed by atoms with van der Waals surface area (Å²) in [6.45, 7) is 4.90. The van der Waals surface area contributed by atoms with Gasteiger partial charge in [0, 0.05) is 24.7 Å². The van der Waals surface area contributed by atoms with Crippen LogP contribution in [0, 0.1) is 12.8 Å². The van der Waals surface area contributed by atoms with Crippen molar-refractivity contribution in [1.29, 1.82) is 0 Å². The molecular formula is C26H28N2O3. The molecule has 2 atom stereocenters. The molecule has 0 saturated carbocycles. The summed E-state index contributed by atoms with van der Waals surface area (Å²) >= 11 is 0. The van der Waals surface area contributed by atoms with Gasteiger partial charge in [0.2, 0.25) is 5.91 Å². The van der Waals surface area contributed by atoms with Crippen LogP contribution in [0.3, 0.4) is 0 Å². The van der Waals surface area contributed by atoms with Crippen molar-refractivity contribution < 1.29 is 14.0 Å². The van der Waals surface area contributed by atoms with E-state index in [1.807, 2.05) is 37.3 Å². The molecule has 0 radical (unpaired) electrons. The lowest BCUT2D eigenvalue weighted by Gasteiger charge is -2.37. The second kappa shape index (κ2) is 9.21. The highest BCUT2D eigenvalue weighted by molar-refractivity contribution is 5.95. The molecule has 0 aliphatic carbocycles. The lowest BCUT2D eigenvalue weighted by Crippen LogP contribution is -2.46. The van der Waals surface area contributed by atoms with Crippen LogP contribution >= 0.6 is 0 Å². The van der Waals surface area contributed by atoms with E-state index in [1.165, 1.54) is 5.56 Å². The molecule has 4 rings (SSSR count). The molecule has 1 saturated heterocycles. The zero-order valence-corrected chi connectivity index (χ0v) is 18.0. The average Bonchev–Trinajstić information content (AvgIpc) is 3.25. The summed E-state index contributed by atoms with van der Waals surface area (Å²) in [6.07, 6.45) is 1.68. The summed E-state index contributed by atoms with van der Waals surface area (Å²) in [4.78, 5) is 28.0. The number of benzene rings is 2. The predicted octanol–water partition coefficient (Wildman–Crippen LogP) is 5.04. The highest BCUT2D eigenvalue weighted by Crippen LogP contribution is 2.32. The average molecular weight is 417 g/mol. The van der Waals surface area contributed by atoms with Crippen molar-refractivity contribution in [2.45, 2.75) is 32.6 Å². The maximum absolute atomic E-state index is 13.1. The Morgan fingerprint density at radius 1 is 1.00 bits per heavy atom. The fourth-order valence-corrected chi connectivity index (χ4v) is 4.19. The molecule has 0 spiro atoms. The van der Waals surface area contributed by atoms with E-state index in [9.17, 15) is 9.59 Å². The Kier molecular flexibility index (Phi) is 6.21. The quantitative estimate of drug-likeness (QED) is 0.634. The van der Waals surface area contributed by atoms with Crippen LogP contribution in [0.1, 0.15) is 46.7 Å². The number of piperidine rings is 1. The first-order valence-corrected chi connectivity index (χ1v) is 10.8. The van der Waals surface area contributed by atoms with Crippen molar-refractivity contribution in [3.63, 3.8) is 0 Å². The summed E-state index contributed by atoms with van der Waals surface area (Å²) in [6, 6.07) is 21.4. The number of anilines is 1. The minimum absolute atomic E-state index is 0.0606. The summed E-state index contributed by atoms with van der Waals surface area (Å²) in [7, 11) is 0. The van der Waals surface area contributed by atoms with Gasteiger partial charge >= 0.3 is 0 Å². The van der Waals surface area contributed by atoms with Crippen LogP contribution in [0.2, 0.25) is 0 Å². The second-order valence-electron chi connectivity index (χ2n) is 8.20. The molecule has 2 unspecified atom stereocenters. The number of carbonyl (C=O) groups excluding carboxylic acids is 2. The zero-order valence-electron chi connectivity index (χ0n) is 18.0. The van der Waals surface area contributed by atoms with Gasteiger partial charge in [-0.05, 0) is 55.2 Å². The number of aryl methyl sites for hydroxylation is 2. The smallest absolute Gasteiger partial charge is 0.289 e. The van der Waals surface area contributed by atoms with E-state index in [4.69, 9.17) is 4.42 Å². The third-order valence-electron chi connectivity index (χ3n) is 5.96. The maximum atomic E-state index is 13.1. The molecule has 0 bridgehead atoms. The fourth-order valence-electron chi connectivity index (χ4n) is 4.19. The van der Waals surface area contributed by atoms with Crippen LogP contribution in [-0.2, 0) is 11.2 Å². The Morgan fingerprint density at radius 2 is 1.74 bits per heavy atom. The van der Waals surface area contributed by atoms with E-state index in [2.05, 4.69) is 36.5 Å². The summed E-state index contributed by atoms with van der Waals surface area (Å²) in [5, 5.41) is 3.00. The topological polar surface area (TPSA) is 62.6 Å². The second-order valence-corrected chi connectivity index (χ2v) is 8.20.